The Labute approximate surface area is 87.5 Å². The molecule has 0 fully saturated rings. The number of rotatable bonds is 2. The molecule has 0 saturated carbocycles. The molecule has 1 atom stereocenters. The van der Waals surface area contributed by atoms with Crippen molar-refractivity contribution in [1.29, 1.82) is 0 Å². The summed E-state index contributed by atoms with van der Waals surface area (Å²) in [5.74, 6) is 0. The van der Waals surface area contributed by atoms with E-state index in [4.69, 9.17) is 5.73 Å². The fraction of sp³-hybridized carbons (Fsp3) is 0.400. The molecule has 12 heavy (non-hydrogen) atoms. The first-order chi connectivity index (χ1) is 5.66. The highest BCUT2D eigenvalue weighted by atomic mass is 127. The third kappa shape index (κ3) is 1.98. The molecule has 0 aromatic heterocycles. The van der Waals surface area contributed by atoms with Gasteiger partial charge in [-0.3, -0.25) is 0 Å². The Morgan fingerprint density at radius 1 is 1.50 bits per heavy atom. The maximum absolute atomic E-state index is 5.96. The molecule has 1 nitrogen and oxygen atoms in total. The Bertz CT molecular complexity index is 271. The third-order valence-corrected chi connectivity index (χ3v) is 3.32. The van der Waals surface area contributed by atoms with Crippen LogP contribution >= 0.6 is 22.6 Å². The van der Waals surface area contributed by atoms with Crippen LogP contribution in [0.15, 0.2) is 18.2 Å². The summed E-state index contributed by atoms with van der Waals surface area (Å²) in [6.07, 6.45) is 1.00. The van der Waals surface area contributed by atoms with E-state index in [-0.39, 0.29) is 6.04 Å². The molecule has 1 rings (SSSR count). The molecule has 2 heteroatoms. The largest absolute Gasteiger partial charge is 0.324 e. The van der Waals surface area contributed by atoms with Crippen LogP contribution in [0, 0.1) is 10.5 Å². The first kappa shape index (κ1) is 9.99. The average Bonchev–Trinajstić information content (AvgIpc) is 2.08. The van der Waals surface area contributed by atoms with Crippen molar-refractivity contribution in [1.82, 2.24) is 0 Å². The Balaban J connectivity index is 3.07. The summed E-state index contributed by atoms with van der Waals surface area (Å²) in [5, 5.41) is 0. The molecule has 0 aliphatic carbocycles. The van der Waals surface area contributed by atoms with Gasteiger partial charge in [-0.25, -0.2) is 0 Å². The van der Waals surface area contributed by atoms with Gasteiger partial charge in [-0.2, -0.15) is 0 Å². The van der Waals surface area contributed by atoms with Crippen LogP contribution in [0.1, 0.15) is 30.5 Å². The smallest absolute Gasteiger partial charge is 0.0295 e. The van der Waals surface area contributed by atoms with Crippen LogP contribution in [-0.2, 0) is 0 Å². The number of hydrogen-bond acceptors (Lipinski definition) is 1. The molecule has 0 radical (unpaired) electrons. The van der Waals surface area contributed by atoms with E-state index in [9.17, 15) is 0 Å². The predicted molar refractivity (Wildman–Crippen MR) is 61.1 cm³/mol. The van der Waals surface area contributed by atoms with Gasteiger partial charge in [-0.05, 0) is 53.1 Å². The molecule has 2 N–H and O–H groups in total. The molecular weight excluding hydrogens is 261 g/mol. The minimum absolute atomic E-state index is 0.194. The summed E-state index contributed by atoms with van der Waals surface area (Å²) in [7, 11) is 0. The highest BCUT2D eigenvalue weighted by Crippen LogP contribution is 2.21. The minimum atomic E-state index is 0.194. The Morgan fingerprint density at radius 2 is 2.17 bits per heavy atom. The number of nitrogens with two attached hydrogens (primary N) is 1. The van der Waals surface area contributed by atoms with Gasteiger partial charge < -0.3 is 5.73 Å². The molecule has 0 heterocycles. The van der Waals surface area contributed by atoms with E-state index in [1.54, 1.807) is 0 Å². The van der Waals surface area contributed by atoms with Crippen molar-refractivity contribution < 1.29 is 0 Å². The van der Waals surface area contributed by atoms with Gasteiger partial charge in [0.2, 0.25) is 0 Å². The van der Waals surface area contributed by atoms with Gasteiger partial charge >= 0.3 is 0 Å². The topological polar surface area (TPSA) is 26.0 Å². The van der Waals surface area contributed by atoms with E-state index in [0.29, 0.717) is 0 Å². The summed E-state index contributed by atoms with van der Waals surface area (Å²) < 4.78 is 1.30. The second-order valence-electron chi connectivity index (χ2n) is 2.97. The van der Waals surface area contributed by atoms with E-state index in [0.717, 1.165) is 6.42 Å². The molecule has 1 unspecified atom stereocenters. The first-order valence-corrected chi connectivity index (χ1v) is 5.25. The molecule has 1 aromatic rings. The third-order valence-electron chi connectivity index (χ3n) is 2.15. The van der Waals surface area contributed by atoms with Crippen molar-refractivity contribution in [2.24, 2.45) is 5.73 Å². The van der Waals surface area contributed by atoms with Gasteiger partial charge in [-0.15, -0.1) is 0 Å². The van der Waals surface area contributed by atoms with Crippen LogP contribution in [-0.4, -0.2) is 0 Å². The maximum Gasteiger partial charge on any atom is 0.0295 e. The summed E-state index contributed by atoms with van der Waals surface area (Å²) >= 11 is 2.34. The molecule has 66 valence electrons. The van der Waals surface area contributed by atoms with Crippen LogP contribution in [0.2, 0.25) is 0 Å². The molecule has 0 bridgehead atoms. The zero-order chi connectivity index (χ0) is 9.14. The first-order valence-electron chi connectivity index (χ1n) is 4.17. The lowest BCUT2D eigenvalue weighted by molar-refractivity contribution is 0.693. The van der Waals surface area contributed by atoms with Crippen LogP contribution < -0.4 is 5.73 Å². The van der Waals surface area contributed by atoms with Crippen LogP contribution in [0.3, 0.4) is 0 Å². The van der Waals surface area contributed by atoms with Crippen molar-refractivity contribution in [3.05, 3.63) is 32.9 Å². The van der Waals surface area contributed by atoms with Gasteiger partial charge in [0.15, 0.2) is 0 Å². The number of benzene rings is 1. The van der Waals surface area contributed by atoms with Crippen molar-refractivity contribution in [3.63, 3.8) is 0 Å². The Kier molecular flexibility index (Phi) is 3.53. The van der Waals surface area contributed by atoms with Gasteiger partial charge in [-0.1, -0.05) is 19.1 Å². The van der Waals surface area contributed by atoms with Crippen molar-refractivity contribution in [2.75, 3.05) is 0 Å². The second kappa shape index (κ2) is 4.23. The predicted octanol–water partition coefficient (Wildman–Crippen LogP) is 3.01. The highest BCUT2D eigenvalue weighted by Gasteiger charge is 2.07. The Hall–Kier alpha value is -0.0900. The zero-order valence-electron chi connectivity index (χ0n) is 7.47. The minimum Gasteiger partial charge on any atom is -0.324 e. The lowest BCUT2D eigenvalue weighted by atomic mass is 10.0. The molecule has 0 saturated heterocycles. The number of hydrogen-bond donors (Lipinski definition) is 1. The van der Waals surface area contributed by atoms with Gasteiger partial charge in [0.1, 0.15) is 0 Å². The van der Waals surface area contributed by atoms with Gasteiger partial charge in [0, 0.05) is 9.61 Å². The highest BCUT2D eigenvalue weighted by molar-refractivity contribution is 14.1. The quantitative estimate of drug-likeness (QED) is 0.825. The zero-order valence-corrected chi connectivity index (χ0v) is 9.63. The van der Waals surface area contributed by atoms with Crippen LogP contribution in [0.5, 0.6) is 0 Å². The monoisotopic (exact) mass is 275 g/mol. The Morgan fingerprint density at radius 3 is 2.75 bits per heavy atom. The van der Waals surface area contributed by atoms with E-state index in [1.165, 1.54) is 14.7 Å². The fourth-order valence-electron chi connectivity index (χ4n) is 1.25. The molecule has 0 aliphatic rings. The summed E-state index contributed by atoms with van der Waals surface area (Å²) in [4.78, 5) is 0. The molecule has 1 aromatic carbocycles. The van der Waals surface area contributed by atoms with Gasteiger partial charge in [0.25, 0.3) is 0 Å². The van der Waals surface area contributed by atoms with Crippen molar-refractivity contribution in [2.45, 2.75) is 26.3 Å². The molecular formula is C10H14IN. The summed E-state index contributed by atoms with van der Waals surface area (Å²) in [6, 6.07) is 6.49. The molecule has 0 amide bonds. The van der Waals surface area contributed by atoms with Crippen LogP contribution in [0.25, 0.3) is 0 Å². The van der Waals surface area contributed by atoms with E-state index in [1.807, 2.05) is 0 Å². The lowest BCUT2D eigenvalue weighted by Gasteiger charge is -2.13. The summed E-state index contributed by atoms with van der Waals surface area (Å²) in [5.41, 5.74) is 8.57. The van der Waals surface area contributed by atoms with Crippen molar-refractivity contribution >= 4 is 22.6 Å². The molecule has 0 aliphatic heterocycles. The second-order valence-corrected chi connectivity index (χ2v) is 4.13. The van der Waals surface area contributed by atoms with Crippen LogP contribution in [0.4, 0.5) is 0 Å². The lowest BCUT2D eigenvalue weighted by Crippen LogP contribution is -2.10. The fourth-order valence-corrected chi connectivity index (χ4v) is 1.76. The van der Waals surface area contributed by atoms with E-state index >= 15 is 0 Å². The SMILES string of the molecule is CCC(N)c1cccc(I)c1C. The summed E-state index contributed by atoms with van der Waals surface area (Å²) in [6.45, 7) is 4.25. The average molecular weight is 275 g/mol. The van der Waals surface area contributed by atoms with E-state index < -0.39 is 0 Å². The molecule has 0 spiro atoms. The van der Waals surface area contributed by atoms with Gasteiger partial charge in [0.05, 0.1) is 0 Å². The van der Waals surface area contributed by atoms with Crippen molar-refractivity contribution in [3.8, 4) is 0 Å². The van der Waals surface area contributed by atoms with E-state index in [2.05, 4.69) is 54.6 Å². The maximum atomic E-state index is 5.96. The normalized spacial score (nSPS) is 13.0. The standard InChI is InChI=1S/C10H14IN/c1-3-10(12)8-5-4-6-9(11)7(8)2/h4-6,10H,3,12H2,1-2H3. The number of halogens is 1.